The molecule has 9 heteroatoms. The summed E-state index contributed by atoms with van der Waals surface area (Å²) in [5.74, 6) is 0.986. The maximum absolute atomic E-state index is 11.9. The topological polar surface area (TPSA) is 125 Å². The van der Waals surface area contributed by atoms with Crippen molar-refractivity contribution in [2.24, 2.45) is 0 Å². The van der Waals surface area contributed by atoms with E-state index in [-0.39, 0.29) is 12.1 Å². The SMILES string of the molecule is CCNC(=O)Nc1nc2c(C3CCCO3)cc(-c3cnc(CC(C)O)nc3)cc2[nH]1. The lowest BCUT2D eigenvalue weighted by atomic mass is 9.99. The second kappa shape index (κ2) is 8.76. The largest absolute Gasteiger partial charge is 0.393 e. The molecule has 2 atom stereocenters. The number of aromatic nitrogens is 4. The average molecular weight is 410 g/mol. The van der Waals surface area contributed by atoms with Crippen molar-refractivity contribution in [2.45, 2.75) is 45.3 Å². The number of carbonyl (C=O) groups is 1. The van der Waals surface area contributed by atoms with E-state index in [2.05, 4.69) is 36.6 Å². The van der Waals surface area contributed by atoms with Crippen LogP contribution in [0.2, 0.25) is 0 Å². The molecule has 0 spiro atoms. The standard InChI is InChI=1S/C21H26N6O3/c1-3-22-21(29)27-20-25-16-9-13(14-10-23-18(24-11-14)7-12(2)28)8-15(19(16)26-20)17-5-4-6-30-17/h8-12,17,28H,3-7H2,1-2H3,(H3,22,25,26,27,29). The summed E-state index contributed by atoms with van der Waals surface area (Å²) in [7, 11) is 0. The average Bonchev–Trinajstić information content (AvgIpc) is 3.37. The van der Waals surface area contributed by atoms with Crippen LogP contribution in [0.1, 0.15) is 44.2 Å². The molecule has 3 aromatic rings. The molecular formula is C21H26N6O3. The number of anilines is 1. The van der Waals surface area contributed by atoms with Gasteiger partial charge in [-0.25, -0.2) is 19.7 Å². The molecule has 1 saturated heterocycles. The fourth-order valence-corrected chi connectivity index (χ4v) is 3.62. The number of aromatic amines is 1. The number of ether oxygens (including phenoxy) is 1. The lowest BCUT2D eigenvalue weighted by molar-refractivity contribution is 0.113. The molecule has 9 nitrogen and oxygen atoms in total. The molecule has 2 amide bonds. The van der Waals surface area contributed by atoms with Gasteiger partial charge in [0.2, 0.25) is 5.95 Å². The molecule has 3 heterocycles. The Labute approximate surface area is 174 Å². The van der Waals surface area contributed by atoms with Crippen LogP contribution >= 0.6 is 0 Å². The number of aliphatic hydroxyl groups is 1. The third kappa shape index (κ3) is 4.42. The molecule has 1 fully saturated rings. The molecule has 4 N–H and O–H groups in total. The monoisotopic (exact) mass is 410 g/mol. The van der Waals surface area contributed by atoms with E-state index in [0.29, 0.717) is 24.7 Å². The van der Waals surface area contributed by atoms with Gasteiger partial charge in [-0.2, -0.15) is 0 Å². The maximum atomic E-state index is 11.9. The van der Waals surface area contributed by atoms with E-state index in [9.17, 15) is 9.90 Å². The number of H-pyrrole nitrogens is 1. The summed E-state index contributed by atoms with van der Waals surface area (Å²) in [6.45, 7) is 4.82. The molecule has 158 valence electrons. The number of fused-ring (bicyclic) bond motifs is 1. The number of nitrogens with one attached hydrogen (secondary N) is 3. The van der Waals surface area contributed by atoms with Gasteiger partial charge in [-0.3, -0.25) is 5.32 Å². The van der Waals surface area contributed by atoms with Crippen molar-refractivity contribution < 1.29 is 14.6 Å². The number of hydrogen-bond acceptors (Lipinski definition) is 6. The minimum absolute atomic E-state index is 0.0384. The number of benzene rings is 1. The summed E-state index contributed by atoms with van der Waals surface area (Å²) in [6.07, 6.45) is 5.33. The van der Waals surface area contributed by atoms with E-state index in [4.69, 9.17) is 4.74 Å². The number of carbonyl (C=O) groups excluding carboxylic acids is 1. The van der Waals surface area contributed by atoms with E-state index in [0.717, 1.165) is 47.2 Å². The Kier molecular flexibility index (Phi) is 5.91. The van der Waals surface area contributed by atoms with Crippen molar-refractivity contribution in [1.29, 1.82) is 0 Å². The predicted molar refractivity (Wildman–Crippen MR) is 113 cm³/mol. The highest BCUT2D eigenvalue weighted by molar-refractivity contribution is 5.92. The van der Waals surface area contributed by atoms with Gasteiger partial charge in [0, 0.05) is 43.1 Å². The van der Waals surface area contributed by atoms with Crippen molar-refractivity contribution in [2.75, 3.05) is 18.5 Å². The fraction of sp³-hybridized carbons (Fsp3) is 0.429. The molecule has 30 heavy (non-hydrogen) atoms. The molecule has 0 bridgehead atoms. The second-order valence-corrected chi connectivity index (χ2v) is 7.47. The van der Waals surface area contributed by atoms with Crippen LogP contribution in [-0.2, 0) is 11.2 Å². The molecule has 2 unspecified atom stereocenters. The van der Waals surface area contributed by atoms with Gasteiger partial charge in [-0.15, -0.1) is 0 Å². The normalized spacial score (nSPS) is 17.2. The molecular weight excluding hydrogens is 384 g/mol. The number of nitrogens with zero attached hydrogens (tertiary/aromatic N) is 3. The molecule has 0 saturated carbocycles. The molecule has 1 aromatic carbocycles. The highest BCUT2D eigenvalue weighted by atomic mass is 16.5. The van der Waals surface area contributed by atoms with Crippen LogP contribution in [0.3, 0.4) is 0 Å². The van der Waals surface area contributed by atoms with Crippen LogP contribution in [0.5, 0.6) is 0 Å². The summed E-state index contributed by atoms with van der Waals surface area (Å²) in [5.41, 5.74) is 4.36. The van der Waals surface area contributed by atoms with Gasteiger partial charge in [-0.05, 0) is 44.4 Å². The first-order chi connectivity index (χ1) is 14.5. The summed E-state index contributed by atoms with van der Waals surface area (Å²) in [4.78, 5) is 28.4. The van der Waals surface area contributed by atoms with Gasteiger partial charge in [0.05, 0.1) is 23.2 Å². The number of amides is 2. The van der Waals surface area contributed by atoms with Crippen molar-refractivity contribution in [3.63, 3.8) is 0 Å². The van der Waals surface area contributed by atoms with Crippen molar-refractivity contribution in [3.8, 4) is 11.1 Å². The number of hydrogen-bond donors (Lipinski definition) is 4. The van der Waals surface area contributed by atoms with Crippen LogP contribution in [-0.4, -0.2) is 50.3 Å². The van der Waals surface area contributed by atoms with Gasteiger partial charge in [-0.1, -0.05) is 0 Å². The summed E-state index contributed by atoms with van der Waals surface area (Å²) in [6, 6.07) is 3.72. The smallest absolute Gasteiger partial charge is 0.321 e. The Morgan fingerprint density at radius 3 is 2.80 bits per heavy atom. The Hall–Kier alpha value is -3.04. The highest BCUT2D eigenvalue weighted by Crippen LogP contribution is 2.36. The van der Waals surface area contributed by atoms with E-state index >= 15 is 0 Å². The van der Waals surface area contributed by atoms with Crippen molar-refractivity contribution in [3.05, 3.63) is 35.9 Å². The number of urea groups is 1. The third-order valence-electron chi connectivity index (χ3n) is 4.98. The van der Waals surface area contributed by atoms with E-state index in [1.54, 1.807) is 19.3 Å². The van der Waals surface area contributed by atoms with Crippen LogP contribution in [0.4, 0.5) is 10.7 Å². The van der Waals surface area contributed by atoms with Crippen molar-refractivity contribution >= 4 is 23.0 Å². The molecule has 0 radical (unpaired) electrons. The lowest BCUT2D eigenvalue weighted by Crippen LogP contribution is -2.28. The van der Waals surface area contributed by atoms with Crippen LogP contribution in [0.25, 0.3) is 22.2 Å². The zero-order valence-corrected chi connectivity index (χ0v) is 17.1. The number of rotatable bonds is 6. The third-order valence-corrected chi connectivity index (χ3v) is 4.98. The van der Waals surface area contributed by atoms with E-state index < -0.39 is 6.10 Å². The zero-order chi connectivity index (χ0) is 21.1. The zero-order valence-electron chi connectivity index (χ0n) is 17.1. The molecule has 4 rings (SSSR count). The second-order valence-electron chi connectivity index (χ2n) is 7.47. The number of aliphatic hydroxyl groups excluding tert-OH is 1. The van der Waals surface area contributed by atoms with E-state index in [1.165, 1.54) is 0 Å². The van der Waals surface area contributed by atoms with Crippen LogP contribution in [0, 0.1) is 0 Å². The maximum Gasteiger partial charge on any atom is 0.321 e. The summed E-state index contributed by atoms with van der Waals surface area (Å²) >= 11 is 0. The first kappa shape index (κ1) is 20.2. The van der Waals surface area contributed by atoms with Gasteiger partial charge >= 0.3 is 6.03 Å². The van der Waals surface area contributed by atoms with Gasteiger partial charge in [0.25, 0.3) is 0 Å². The Balaban J connectivity index is 1.72. The van der Waals surface area contributed by atoms with Gasteiger partial charge in [0.15, 0.2) is 0 Å². The molecule has 2 aromatic heterocycles. The first-order valence-corrected chi connectivity index (χ1v) is 10.2. The number of imidazole rings is 1. The van der Waals surface area contributed by atoms with Gasteiger partial charge < -0.3 is 20.1 Å². The fourth-order valence-electron chi connectivity index (χ4n) is 3.62. The summed E-state index contributed by atoms with van der Waals surface area (Å²) < 4.78 is 5.92. The van der Waals surface area contributed by atoms with Gasteiger partial charge in [0.1, 0.15) is 5.82 Å². The van der Waals surface area contributed by atoms with Crippen LogP contribution < -0.4 is 10.6 Å². The minimum Gasteiger partial charge on any atom is -0.393 e. The predicted octanol–water partition coefficient (Wildman–Crippen LogP) is 2.94. The minimum atomic E-state index is -0.487. The Bertz CT molecular complexity index is 1030. The Morgan fingerprint density at radius 1 is 1.33 bits per heavy atom. The van der Waals surface area contributed by atoms with E-state index in [1.807, 2.05) is 13.0 Å². The highest BCUT2D eigenvalue weighted by Gasteiger charge is 2.23. The molecule has 1 aliphatic heterocycles. The first-order valence-electron chi connectivity index (χ1n) is 10.2. The van der Waals surface area contributed by atoms with Crippen molar-refractivity contribution in [1.82, 2.24) is 25.3 Å². The van der Waals surface area contributed by atoms with Crippen LogP contribution in [0.15, 0.2) is 24.5 Å². The molecule has 1 aliphatic rings. The lowest BCUT2D eigenvalue weighted by Gasteiger charge is -2.13. The summed E-state index contributed by atoms with van der Waals surface area (Å²) in [5, 5.41) is 15.0. The molecule has 0 aliphatic carbocycles. The quantitative estimate of drug-likeness (QED) is 0.495. The Morgan fingerprint density at radius 2 is 2.13 bits per heavy atom.